The molecule has 2 aliphatic heterocycles. The molecule has 0 amide bonds. The molecule has 2 saturated heterocycles. The predicted molar refractivity (Wildman–Crippen MR) is 90.4 cm³/mol. The van der Waals surface area contributed by atoms with Gasteiger partial charge in [0.2, 0.25) is 5.82 Å². The van der Waals surface area contributed by atoms with Crippen molar-refractivity contribution in [1.82, 2.24) is 15.0 Å². The summed E-state index contributed by atoms with van der Waals surface area (Å²) in [5, 5.41) is 3.95. The average molecular weight is 330 g/mol. The van der Waals surface area contributed by atoms with Gasteiger partial charge in [-0.15, -0.1) is 0 Å². The third kappa shape index (κ3) is 3.15. The van der Waals surface area contributed by atoms with E-state index in [1.54, 1.807) is 18.2 Å². The van der Waals surface area contributed by atoms with Gasteiger partial charge >= 0.3 is 6.01 Å². The van der Waals surface area contributed by atoms with Crippen molar-refractivity contribution in [3.63, 3.8) is 0 Å². The zero-order chi connectivity index (χ0) is 16.4. The highest BCUT2D eigenvalue weighted by Crippen LogP contribution is 2.26. The molecule has 0 N–H and O–H groups in total. The van der Waals surface area contributed by atoms with Gasteiger partial charge in [0.05, 0.1) is 5.56 Å². The summed E-state index contributed by atoms with van der Waals surface area (Å²) in [5.41, 5.74) is 0.385. The quantitative estimate of drug-likeness (QED) is 0.864. The first-order chi connectivity index (χ1) is 11.8. The van der Waals surface area contributed by atoms with Crippen LogP contribution in [0.1, 0.15) is 32.1 Å². The smallest absolute Gasteiger partial charge is 0.324 e. The Morgan fingerprint density at radius 3 is 2.50 bits per heavy atom. The fourth-order valence-electron chi connectivity index (χ4n) is 3.80. The number of benzene rings is 1. The first kappa shape index (κ1) is 15.6. The normalized spacial score (nSPS) is 20.5. The molecular weight excluding hydrogens is 307 g/mol. The maximum atomic E-state index is 13.8. The summed E-state index contributed by atoms with van der Waals surface area (Å²) >= 11 is 0. The van der Waals surface area contributed by atoms with E-state index in [9.17, 15) is 4.39 Å². The summed E-state index contributed by atoms with van der Waals surface area (Å²) < 4.78 is 19.2. The highest BCUT2D eigenvalue weighted by molar-refractivity contribution is 5.56. The van der Waals surface area contributed by atoms with Gasteiger partial charge in [0.1, 0.15) is 5.82 Å². The molecule has 0 atom stereocenters. The first-order valence-corrected chi connectivity index (χ1v) is 8.89. The summed E-state index contributed by atoms with van der Waals surface area (Å²) in [4.78, 5) is 9.16. The summed E-state index contributed by atoms with van der Waals surface area (Å²) in [7, 11) is 0. The number of hydrogen-bond acceptors (Lipinski definition) is 5. The van der Waals surface area contributed by atoms with Crippen LogP contribution in [0.15, 0.2) is 28.8 Å². The van der Waals surface area contributed by atoms with Crippen molar-refractivity contribution in [2.45, 2.75) is 38.1 Å². The van der Waals surface area contributed by atoms with Crippen LogP contribution in [0.4, 0.5) is 10.4 Å². The average Bonchev–Trinajstić information content (AvgIpc) is 3.13. The van der Waals surface area contributed by atoms with Crippen molar-refractivity contribution in [3.05, 3.63) is 30.1 Å². The maximum Gasteiger partial charge on any atom is 0.324 e. The van der Waals surface area contributed by atoms with Crippen LogP contribution in [-0.4, -0.2) is 47.3 Å². The topological polar surface area (TPSA) is 45.4 Å². The third-order valence-electron chi connectivity index (χ3n) is 5.17. The second-order valence-electron chi connectivity index (χ2n) is 6.70. The number of likely N-dealkylation sites (tertiary alicyclic amines) is 1. The number of anilines is 1. The lowest BCUT2D eigenvalue weighted by Crippen LogP contribution is -2.46. The van der Waals surface area contributed by atoms with Gasteiger partial charge in [-0.2, -0.15) is 4.98 Å². The standard InChI is InChI=1S/C18H23FN4O/c19-16-7-3-2-6-15(16)17-20-18(24-21-17)23-12-8-14(9-13-23)22-10-4-1-5-11-22/h2-3,6-7,14H,1,4-5,8-13H2. The van der Waals surface area contributed by atoms with E-state index in [0.717, 1.165) is 25.9 Å². The first-order valence-electron chi connectivity index (χ1n) is 8.89. The van der Waals surface area contributed by atoms with Crippen LogP contribution in [-0.2, 0) is 0 Å². The Hall–Kier alpha value is -1.95. The minimum atomic E-state index is -0.325. The van der Waals surface area contributed by atoms with Crippen LogP contribution in [0.5, 0.6) is 0 Å². The van der Waals surface area contributed by atoms with Crippen molar-refractivity contribution in [3.8, 4) is 11.4 Å². The zero-order valence-electron chi connectivity index (χ0n) is 13.8. The molecule has 1 aromatic carbocycles. The number of aromatic nitrogens is 2. The van der Waals surface area contributed by atoms with E-state index in [1.807, 2.05) is 0 Å². The van der Waals surface area contributed by atoms with Crippen molar-refractivity contribution in [2.75, 3.05) is 31.1 Å². The van der Waals surface area contributed by atoms with Crippen molar-refractivity contribution >= 4 is 6.01 Å². The van der Waals surface area contributed by atoms with E-state index in [1.165, 1.54) is 38.4 Å². The number of nitrogens with zero attached hydrogens (tertiary/aromatic N) is 4. The van der Waals surface area contributed by atoms with Gasteiger partial charge in [-0.25, -0.2) is 4.39 Å². The van der Waals surface area contributed by atoms with Crippen molar-refractivity contribution < 1.29 is 8.91 Å². The molecule has 0 bridgehead atoms. The van der Waals surface area contributed by atoms with Gasteiger partial charge in [0.15, 0.2) is 0 Å². The van der Waals surface area contributed by atoms with E-state index in [4.69, 9.17) is 4.52 Å². The molecule has 1 aromatic heterocycles. The highest BCUT2D eigenvalue weighted by Gasteiger charge is 2.28. The van der Waals surface area contributed by atoms with Crippen LogP contribution < -0.4 is 4.90 Å². The number of rotatable bonds is 3. The second-order valence-corrected chi connectivity index (χ2v) is 6.70. The SMILES string of the molecule is Fc1ccccc1-c1noc(N2CCC(N3CCCCC3)CC2)n1. The van der Waals surface area contributed by atoms with E-state index in [2.05, 4.69) is 19.9 Å². The minimum absolute atomic E-state index is 0.321. The van der Waals surface area contributed by atoms with Gasteiger partial charge in [-0.1, -0.05) is 23.7 Å². The molecule has 2 aromatic rings. The lowest BCUT2D eigenvalue weighted by molar-refractivity contribution is 0.140. The van der Waals surface area contributed by atoms with Gasteiger partial charge in [0, 0.05) is 19.1 Å². The molecule has 0 spiro atoms. The highest BCUT2D eigenvalue weighted by atomic mass is 19.1. The van der Waals surface area contributed by atoms with Gasteiger partial charge in [0.25, 0.3) is 0 Å². The summed E-state index contributed by atoms with van der Waals surface area (Å²) in [6, 6.07) is 7.70. The molecule has 24 heavy (non-hydrogen) atoms. The molecule has 0 saturated carbocycles. The Labute approximate surface area is 141 Å². The van der Waals surface area contributed by atoms with Crippen molar-refractivity contribution in [1.29, 1.82) is 0 Å². The number of halogens is 1. The van der Waals surface area contributed by atoms with Crippen LogP contribution in [0.25, 0.3) is 11.4 Å². The Balaban J connectivity index is 1.40. The Bertz CT molecular complexity index is 675. The summed E-state index contributed by atoms with van der Waals surface area (Å²) in [6.07, 6.45) is 6.27. The largest absolute Gasteiger partial charge is 0.324 e. The van der Waals surface area contributed by atoms with Gasteiger partial charge in [-0.05, 0) is 50.9 Å². The van der Waals surface area contributed by atoms with Gasteiger partial charge < -0.3 is 14.3 Å². The van der Waals surface area contributed by atoms with Crippen LogP contribution in [0, 0.1) is 5.82 Å². The molecule has 2 fully saturated rings. The Morgan fingerprint density at radius 2 is 1.75 bits per heavy atom. The molecule has 128 valence electrons. The number of piperidine rings is 2. The zero-order valence-corrected chi connectivity index (χ0v) is 13.8. The molecule has 4 rings (SSSR count). The molecule has 0 radical (unpaired) electrons. The third-order valence-corrected chi connectivity index (χ3v) is 5.17. The fourth-order valence-corrected chi connectivity index (χ4v) is 3.80. The van der Waals surface area contributed by atoms with Gasteiger partial charge in [-0.3, -0.25) is 0 Å². The molecule has 3 heterocycles. The summed E-state index contributed by atoms with van der Waals surface area (Å²) in [5.74, 6) is -0.00471. The maximum absolute atomic E-state index is 13.8. The predicted octanol–water partition coefficient (Wildman–Crippen LogP) is 3.33. The monoisotopic (exact) mass is 330 g/mol. The molecule has 0 unspecified atom stereocenters. The molecule has 5 nitrogen and oxygen atoms in total. The van der Waals surface area contributed by atoms with E-state index >= 15 is 0 Å². The molecular formula is C18H23FN4O. The van der Waals surface area contributed by atoms with E-state index in [0.29, 0.717) is 23.4 Å². The molecule has 2 aliphatic rings. The Kier molecular flexibility index (Phi) is 4.47. The van der Waals surface area contributed by atoms with Crippen LogP contribution in [0.2, 0.25) is 0 Å². The second kappa shape index (κ2) is 6.89. The Morgan fingerprint density at radius 1 is 1.00 bits per heavy atom. The fraction of sp³-hybridized carbons (Fsp3) is 0.556. The number of hydrogen-bond donors (Lipinski definition) is 0. The van der Waals surface area contributed by atoms with Crippen LogP contribution in [0.3, 0.4) is 0 Å². The summed E-state index contributed by atoms with van der Waals surface area (Å²) in [6.45, 7) is 4.31. The molecule has 6 heteroatoms. The van der Waals surface area contributed by atoms with Crippen molar-refractivity contribution in [2.24, 2.45) is 0 Å². The lowest BCUT2D eigenvalue weighted by atomic mass is 10.0. The van der Waals surface area contributed by atoms with E-state index in [-0.39, 0.29) is 5.82 Å². The molecule has 0 aliphatic carbocycles. The minimum Gasteiger partial charge on any atom is -0.324 e. The van der Waals surface area contributed by atoms with Crippen LogP contribution >= 0.6 is 0 Å². The lowest BCUT2D eigenvalue weighted by Gasteiger charge is -2.39. The van der Waals surface area contributed by atoms with E-state index < -0.39 is 0 Å².